The predicted octanol–water partition coefficient (Wildman–Crippen LogP) is 4.00. The number of hydrogen-bond donors (Lipinski definition) is 1. The van der Waals surface area contributed by atoms with Gasteiger partial charge in [0, 0.05) is 18.4 Å². The lowest BCUT2D eigenvalue weighted by Crippen LogP contribution is -2.55. The molecule has 9 heteroatoms. The van der Waals surface area contributed by atoms with Gasteiger partial charge in [0.2, 0.25) is 0 Å². The average Bonchev–Trinajstić information content (AvgIpc) is 3.19. The van der Waals surface area contributed by atoms with Gasteiger partial charge in [-0.15, -0.1) is 0 Å². The highest BCUT2D eigenvalue weighted by molar-refractivity contribution is 6.00. The Labute approximate surface area is 181 Å². The second kappa shape index (κ2) is 7.51. The molecule has 5 rings (SSSR count). The van der Waals surface area contributed by atoms with Crippen molar-refractivity contribution in [3.63, 3.8) is 0 Å². The van der Waals surface area contributed by atoms with Crippen molar-refractivity contribution in [3.8, 4) is 5.69 Å². The van der Waals surface area contributed by atoms with Crippen molar-refractivity contribution >= 4 is 5.78 Å². The fourth-order valence-corrected chi connectivity index (χ4v) is 5.00. The number of ketones is 1. The first-order chi connectivity index (χ1) is 15.3. The fraction of sp³-hybridized carbons (Fsp3) is 0.348. The van der Waals surface area contributed by atoms with Crippen LogP contribution in [0.1, 0.15) is 33.7 Å². The number of pyridine rings is 1. The van der Waals surface area contributed by atoms with E-state index in [2.05, 4.69) is 15.4 Å². The van der Waals surface area contributed by atoms with Gasteiger partial charge in [0.05, 0.1) is 22.9 Å². The first-order valence-electron chi connectivity index (χ1n) is 10.4. The molecule has 2 aromatic heterocycles. The average molecular weight is 444 g/mol. The van der Waals surface area contributed by atoms with Crippen molar-refractivity contribution < 1.29 is 22.4 Å². The number of rotatable bonds is 3. The molecule has 2 atom stereocenters. The van der Waals surface area contributed by atoms with Crippen molar-refractivity contribution in [1.29, 1.82) is 0 Å². The van der Waals surface area contributed by atoms with Gasteiger partial charge in [-0.2, -0.15) is 18.3 Å². The maximum absolute atomic E-state index is 13.6. The van der Waals surface area contributed by atoms with Gasteiger partial charge in [0.1, 0.15) is 11.5 Å². The van der Waals surface area contributed by atoms with E-state index in [1.807, 2.05) is 0 Å². The summed E-state index contributed by atoms with van der Waals surface area (Å²) in [5.41, 5.74) is 0.605. The Kier molecular flexibility index (Phi) is 4.88. The van der Waals surface area contributed by atoms with E-state index in [4.69, 9.17) is 0 Å². The third-order valence-electron chi connectivity index (χ3n) is 6.64. The van der Waals surface area contributed by atoms with Crippen molar-refractivity contribution in [2.75, 3.05) is 13.1 Å². The number of Topliss-reactive ketones (excluding diaryl/α,β-unsaturated/α-hetero) is 1. The minimum Gasteiger partial charge on any atom is -0.316 e. The number of alkyl halides is 3. The highest BCUT2D eigenvalue weighted by atomic mass is 19.4. The molecule has 0 spiro atoms. The third-order valence-corrected chi connectivity index (χ3v) is 6.64. The van der Waals surface area contributed by atoms with Gasteiger partial charge in [0.25, 0.3) is 0 Å². The Morgan fingerprint density at radius 1 is 1.19 bits per heavy atom. The van der Waals surface area contributed by atoms with Gasteiger partial charge in [-0.1, -0.05) is 0 Å². The summed E-state index contributed by atoms with van der Waals surface area (Å²) in [6.45, 7) is 1.09. The molecule has 0 saturated carbocycles. The zero-order valence-electron chi connectivity index (χ0n) is 17.0. The van der Waals surface area contributed by atoms with E-state index in [0.29, 0.717) is 25.8 Å². The van der Waals surface area contributed by atoms with Crippen LogP contribution in [0.15, 0.2) is 48.8 Å². The number of halogens is 4. The lowest BCUT2D eigenvalue weighted by atomic mass is 9.60. The molecule has 3 heterocycles. The number of carbonyl (C=O) groups excluding carboxylic acids is 1. The molecule has 5 nitrogen and oxygen atoms in total. The van der Waals surface area contributed by atoms with Crippen molar-refractivity contribution in [1.82, 2.24) is 20.1 Å². The molecular weight excluding hydrogens is 424 g/mol. The van der Waals surface area contributed by atoms with Gasteiger partial charge in [-0.05, 0) is 73.7 Å². The van der Waals surface area contributed by atoms with E-state index in [-0.39, 0.29) is 23.2 Å². The number of aromatic nitrogens is 3. The van der Waals surface area contributed by atoms with Gasteiger partial charge in [0.15, 0.2) is 5.78 Å². The van der Waals surface area contributed by atoms with Crippen molar-refractivity contribution in [3.05, 3.63) is 77.1 Å². The second-order valence-corrected chi connectivity index (χ2v) is 8.46. The minimum atomic E-state index is -4.55. The highest BCUT2D eigenvalue weighted by Crippen LogP contribution is 2.46. The molecule has 0 unspecified atom stereocenters. The molecule has 0 radical (unpaired) electrons. The predicted molar refractivity (Wildman–Crippen MR) is 108 cm³/mol. The van der Waals surface area contributed by atoms with E-state index in [1.165, 1.54) is 12.1 Å². The van der Waals surface area contributed by atoms with Crippen LogP contribution < -0.4 is 5.32 Å². The monoisotopic (exact) mass is 444 g/mol. The normalized spacial score (nSPS) is 22.8. The molecule has 32 heavy (non-hydrogen) atoms. The van der Waals surface area contributed by atoms with E-state index in [9.17, 15) is 22.4 Å². The number of piperidine rings is 1. The molecule has 1 aliphatic heterocycles. The number of carbonyl (C=O) groups is 1. The van der Waals surface area contributed by atoms with Crippen LogP contribution >= 0.6 is 0 Å². The van der Waals surface area contributed by atoms with Crippen LogP contribution in [0.25, 0.3) is 5.69 Å². The topological polar surface area (TPSA) is 59.8 Å². The Balaban J connectivity index is 1.54. The standard InChI is InChI=1S/C23H20F4N4O/c24-17-1-3-18(4-2-17)31-20-10-15-5-7-28-13-22(15,11-14(20)12-30-31)21(32)19-9-16(6-8-29-19)23(25,26)27/h1-4,6,8-9,12,15,28H,5,7,10-11,13H2/t15-,22-/m0/s1. The summed E-state index contributed by atoms with van der Waals surface area (Å²) in [6.07, 6.45) is -0.192. The first kappa shape index (κ1) is 20.8. The largest absolute Gasteiger partial charge is 0.416 e. The number of fused-ring (bicyclic) bond motifs is 2. The third kappa shape index (κ3) is 3.40. The molecular formula is C23H20F4N4O. The van der Waals surface area contributed by atoms with Crippen LogP contribution in [-0.2, 0) is 19.0 Å². The van der Waals surface area contributed by atoms with Crippen LogP contribution in [0.4, 0.5) is 17.6 Å². The Bertz CT molecular complexity index is 1170. The second-order valence-electron chi connectivity index (χ2n) is 8.46. The molecule has 1 aliphatic carbocycles. The number of nitrogens with one attached hydrogen (secondary N) is 1. The molecule has 1 N–H and O–H groups in total. The smallest absolute Gasteiger partial charge is 0.316 e. The molecule has 166 valence electrons. The maximum Gasteiger partial charge on any atom is 0.416 e. The molecule has 0 bridgehead atoms. The van der Waals surface area contributed by atoms with Gasteiger partial charge < -0.3 is 5.32 Å². The van der Waals surface area contributed by atoms with Crippen LogP contribution in [-0.4, -0.2) is 33.6 Å². The van der Waals surface area contributed by atoms with E-state index < -0.39 is 17.2 Å². The quantitative estimate of drug-likeness (QED) is 0.490. The summed E-state index contributed by atoms with van der Waals surface area (Å²) in [5, 5.41) is 7.72. The van der Waals surface area contributed by atoms with Crippen molar-refractivity contribution in [2.45, 2.75) is 25.4 Å². The fourth-order valence-electron chi connectivity index (χ4n) is 5.00. The lowest BCUT2D eigenvalue weighted by molar-refractivity contribution is -0.137. The first-order valence-corrected chi connectivity index (χ1v) is 10.4. The van der Waals surface area contributed by atoms with Crippen LogP contribution in [0.2, 0.25) is 0 Å². The summed E-state index contributed by atoms with van der Waals surface area (Å²) in [7, 11) is 0. The Morgan fingerprint density at radius 3 is 2.72 bits per heavy atom. The zero-order valence-corrected chi connectivity index (χ0v) is 17.0. The van der Waals surface area contributed by atoms with Gasteiger partial charge in [-0.3, -0.25) is 9.78 Å². The van der Waals surface area contributed by atoms with Crippen molar-refractivity contribution in [2.24, 2.45) is 11.3 Å². The SMILES string of the molecule is O=C(c1cc(C(F)(F)F)ccn1)[C@@]12CNCC[C@H]1Cc1c(cnn1-c1ccc(F)cc1)C2. The van der Waals surface area contributed by atoms with Crippen LogP contribution in [0, 0.1) is 17.2 Å². The summed E-state index contributed by atoms with van der Waals surface area (Å²) >= 11 is 0. The number of benzene rings is 1. The van der Waals surface area contributed by atoms with Crippen LogP contribution in [0.3, 0.4) is 0 Å². The molecule has 3 aromatic rings. The summed E-state index contributed by atoms with van der Waals surface area (Å²) in [5.74, 6) is -0.789. The van der Waals surface area contributed by atoms with Crippen LogP contribution in [0.5, 0.6) is 0 Å². The maximum atomic E-state index is 13.6. The molecule has 1 fully saturated rings. The van der Waals surface area contributed by atoms with E-state index >= 15 is 0 Å². The molecule has 0 amide bonds. The molecule has 1 saturated heterocycles. The number of nitrogens with zero attached hydrogens (tertiary/aromatic N) is 3. The zero-order chi connectivity index (χ0) is 22.5. The van der Waals surface area contributed by atoms with E-state index in [1.54, 1.807) is 23.0 Å². The van der Waals surface area contributed by atoms with Gasteiger partial charge >= 0.3 is 6.18 Å². The molecule has 1 aromatic carbocycles. The minimum absolute atomic E-state index is 0.0732. The lowest BCUT2D eigenvalue weighted by Gasteiger charge is -2.46. The summed E-state index contributed by atoms with van der Waals surface area (Å²) in [4.78, 5) is 17.6. The van der Waals surface area contributed by atoms with Gasteiger partial charge in [-0.25, -0.2) is 9.07 Å². The summed E-state index contributed by atoms with van der Waals surface area (Å²) in [6, 6.07) is 7.74. The number of hydrogen-bond acceptors (Lipinski definition) is 4. The Morgan fingerprint density at radius 2 is 1.97 bits per heavy atom. The highest BCUT2D eigenvalue weighted by Gasteiger charge is 2.51. The molecule has 2 aliphatic rings. The van der Waals surface area contributed by atoms with E-state index in [0.717, 1.165) is 41.8 Å². The summed E-state index contributed by atoms with van der Waals surface area (Å²) < 4.78 is 54.7. The Hall–Kier alpha value is -3.07.